The second kappa shape index (κ2) is 6.71. The molecule has 1 aliphatic heterocycles. The lowest BCUT2D eigenvalue weighted by molar-refractivity contribution is -0.113. The van der Waals surface area contributed by atoms with Gasteiger partial charge in [-0.05, 0) is 54.6 Å². The van der Waals surface area contributed by atoms with Crippen LogP contribution in [0.25, 0.3) is 6.08 Å². The van der Waals surface area contributed by atoms with Crippen LogP contribution in [0.2, 0.25) is 0 Å². The Bertz CT molecular complexity index is 754. The van der Waals surface area contributed by atoms with Crippen molar-refractivity contribution in [1.29, 1.82) is 0 Å². The number of ether oxygens (including phenoxy) is 1. The third-order valence-corrected chi connectivity index (χ3v) is 4.17. The molecule has 0 aromatic heterocycles. The SMILES string of the molecule is CCOc1ccc(/C=C2/SC(=O)N(c3ccccc3)C2=O)cc1. The minimum atomic E-state index is -0.292. The minimum Gasteiger partial charge on any atom is -0.494 e. The van der Waals surface area contributed by atoms with E-state index in [4.69, 9.17) is 4.74 Å². The summed E-state index contributed by atoms with van der Waals surface area (Å²) in [5.74, 6) is 0.488. The first-order valence-electron chi connectivity index (χ1n) is 7.25. The van der Waals surface area contributed by atoms with Crippen molar-refractivity contribution in [2.45, 2.75) is 6.92 Å². The summed E-state index contributed by atoms with van der Waals surface area (Å²) >= 11 is 0.953. The van der Waals surface area contributed by atoms with E-state index in [1.54, 1.807) is 30.3 Å². The maximum absolute atomic E-state index is 12.5. The summed E-state index contributed by atoms with van der Waals surface area (Å²) in [5.41, 5.74) is 1.44. The molecular weight excluding hydrogens is 310 g/mol. The zero-order chi connectivity index (χ0) is 16.2. The van der Waals surface area contributed by atoms with Crippen LogP contribution in [-0.2, 0) is 4.79 Å². The van der Waals surface area contributed by atoms with Crippen molar-refractivity contribution >= 4 is 34.7 Å². The molecule has 0 radical (unpaired) electrons. The van der Waals surface area contributed by atoms with Gasteiger partial charge < -0.3 is 4.74 Å². The van der Waals surface area contributed by atoms with Gasteiger partial charge in [-0.1, -0.05) is 30.3 Å². The van der Waals surface area contributed by atoms with Crippen LogP contribution in [0.1, 0.15) is 12.5 Å². The summed E-state index contributed by atoms with van der Waals surface area (Å²) in [6.07, 6.45) is 1.73. The molecule has 23 heavy (non-hydrogen) atoms. The highest BCUT2D eigenvalue weighted by Crippen LogP contribution is 2.35. The van der Waals surface area contributed by atoms with Gasteiger partial charge in [0.25, 0.3) is 11.1 Å². The number of nitrogens with zero attached hydrogens (tertiary/aromatic N) is 1. The molecule has 4 nitrogen and oxygen atoms in total. The van der Waals surface area contributed by atoms with Crippen LogP contribution in [0.3, 0.4) is 0 Å². The first kappa shape index (κ1) is 15.4. The van der Waals surface area contributed by atoms with E-state index in [9.17, 15) is 9.59 Å². The molecule has 1 fully saturated rings. The van der Waals surface area contributed by atoms with E-state index < -0.39 is 0 Å². The standard InChI is InChI=1S/C18H15NO3S/c1-2-22-15-10-8-13(9-11-15)12-16-17(20)19(18(21)23-16)14-6-4-3-5-7-14/h3-12H,2H2,1H3/b16-12+. The normalized spacial score (nSPS) is 16.2. The number of imide groups is 1. The summed E-state index contributed by atoms with van der Waals surface area (Å²) < 4.78 is 5.39. The molecule has 1 saturated heterocycles. The average molecular weight is 325 g/mol. The zero-order valence-corrected chi connectivity index (χ0v) is 13.4. The Balaban J connectivity index is 1.84. The number of para-hydroxylation sites is 1. The molecule has 0 spiro atoms. The maximum Gasteiger partial charge on any atom is 0.298 e. The summed E-state index contributed by atoms with van der Waals surface area (Å²) in [6.45, 7) is 2.53. The van der Waals surface area contributed by atoms with Crippen LogP contribution in [0.5, 0.6) is 5.75 Å². The van der Waals surface area contributed by atoms with Gasteiger partial charge in [-0.15, -0.1) is 0 Å². The summed E-state index contributed by atoms with van der Waals surface area (Å²) in [6, 6.07) is 16.4. The summed E-state index contributed by atoms with van der Waals surface area (Å²) in [4.78, 5) is 26.2. The van der Waals surface area contributed by atoms with E-state index >= 15 is 0 Å². The number of hydrogen-bond acceptors (Lipinski definition) is 4. The smallest absolute Gasteiger partial charge is 0.298 e. The minimum absolute atomic E-state index is 0.279. The van der Waals surface area contributed by atoms with E-state index in [2.05, 4.69) is 0 Å². The molecule has 0 unspecified atom stereocenters. The molecular formula is C18H15NO3S. The first-order valence-corrected chi connectivity index (χ1v) is 8.06. The van der Waals surface area contributed by atoms with Gasteiger partial charge in [-0.25, -0.2) is 4.90 Å². The monoisotopic (exact) mass is 325 g/mol. The van der Waals surface area contributed by atoms with Gasteiger partial charge in [0.05, 0.1) is 17.2 Å². The Morgan fingerprint density at radius 2 is 1.74 bits per heavy atom. The number of carbonyl (C=O) groups excluding carboxylic acids is 2. The van der Waals surface area contributed by atoms with Gasteiger partial charge in [-0.2, -0.15) is 0 Å². The number of anilines is 1. The van der Waals surface area contributed by atoms with Crippen LogP contribution in [0.4, 0.5) is 10.5 Å². The van der Waals surface area contributed by atoms with Gasteiger partial charge in [-0.3, -0.25) is 9.59 Å². The highest BCUT2D eigenvalue weighted by atomic mass is 32.2. The predicted octanol–water partition coefficient (Wildman–Crippen LogP) is 4.33. The average Bonchev–Trinajstić information content (AvgIpc) is 2.84. The second-order valence-corrected chi connectivity index (χ2v) is 5.85. The van der Waals surface area contributed by atoms with Crippen LogP contribution in [0.15, 0.2) is 59.5 Å². The van der Waals surface area contributed by atoms with Gasteiger partial charge in [0.1, 0.15) is 5.75 Å². The third-order valence-electron chi connectivity index (χ3n) is 3.30. The molecule has 1 heterocycles. The molecule has 0 aliphatic carbocycles. The van der Waals surface area contributed by atoms with Gasteiger partial charge in [0, 0.05) is 0 Å². The van der Waals surface area contributed by atoms with Crippen molar-refractivity contribution in [2.24, 2.45) is 0 Å². The maximum atomic E-state index is 12.5. The highest BCUT2D eigenvalue weighted by Gasteiger charge is 2.36. The Morgan fingerprint density at radius 3 is 2.39 bits per heavy atom. The Labute approximate surface area is 138 Å². The fourth-order valence-electron chi connectivity index (χ4n) is 2.25. The quantitative estimate of drug-likeness (QED) is 0.785. The predicted molar refractivity (Wildman–Crippen MR) is 92.5 cm³/mol. The van der Waals surface area contributed by atoms with Crippen LogP contribution in [0, 0.1) is 0 Å². The molecule has 2 aromatic carbocycles. The van der Waals surface area contributed by atoms with Gasteiger partial charge >= 0.3 is 0 Å². The molecule has 3 rings (SSSR count). The van der Waals surface area contributed by atoms with Crippen LogP contribution >= 0.6 is 11.8 Å². The highest BCUT2D eigenvalue weighted by molar-refractivity contribution is 8.19. The Morgan fingerprint density at radius 1 is 1.04 bits per heavy atom. The molecule has 0 saturated carbocycles. The van der Waals surface area contributed by atoms with Gasteiger partial charge in [0.2, 0.25) is 0 Å². The lowest BCUT2D eigenvalue weighted by Gasteiger charge is -2.11. The van der Waals surface area contributed by atoms with Crippen molar-refractivity contribution in [3.63, 3.8) is 0 Å². The molecule has 2 amide bonds. The third kappa shape index (κ3) is 3.29. The molecule has 116 valence electrons. The van der Waals surface area contributed by atoms with E-state index in [1.165, 1.54) is 4.90 Å². The lowest BCUT2D eigenvalue weighted by atomic mass is 10.2. The molecule has 1 aliphatic rings. The second-order valence-electron chi connectivity index (χ2n) is 4.85. The number of amides is 2. The molecule has 5 heteroatoms. The molecule has 0 N–H and O–H groups in total. The number of rotatable bonds is 4. The van der Waals surface area contributed by atoms with E-state index in [-0.39, 0.29) is 11.1 Å². The number of hydrogen-bond donors (Lipinski definition) is 0. The Hall–Kier alpha value is -2.53. The van der Waals surface area contributed by atoms with E-state index in [0.717, 1.165) is 23.1 Å². The van der Waals surface area contributed by atoms with Crippen molar-refractivity contribution in [1.82, 2.24) is 0 Å². The fourth-order valence-corrected chi connectivity index (χ4v) is 3.09. The van der Waals surface area contributed by atoms with Crippen molar-refractivity contribution in [2.75, 3.05) is 11.5 Å². The number of benzene rings is 2. The Kier molecular flexibility index (Phi) is 4.48. The first-order chi connectivity index (χ1) is 11.2. The van der Waals surface area contributed by atoms with Crippen molar-refractivity contribution in [3.8, 4) is 5.75 Å². The lowest BCUT2D eigenvalue weighted by Crippen LogP contribution is -2.27. The van der Waals surface area contributed by atoms with Crippen LogP contribution in [-0.4, -0.2) is 17.8 Å². The van der Waals surface area contributed by atoms with E-state index in [1.807, 2.05) is 37.3 Å². The molecule has 2 aromatic rings. The van der Waals surface area contributed by atoms with Crippen molar-refractivity contribution < 1.29 is 14.3 Å². The summed E-state index contributed by atoms with van der Waals surface area (Å²) in [5, 5.41) is -0.279. The van der Waals surface area contributed by atoms with Crippen molar-refractivity contribution in [3.05, 3.63) is 65.1 Å². The van der Waals surface area contributed by atoms with Crippen LogP contribution < -0.4 is 9.64 Å². The topological polar surface area (TPSA) is 46.6 Å². The number of carbonyl (C=O) groups is 2. The summed E-state index contributed by atoms with van der Waals surface area (Å²) in [7, 11) is 0. The fraction of sp³-hybridized carbons (Fsp3) is 0.111. The largest absolute Gasteiger partial charge is 0.494 e. The number of thioether (sulfide) groups is 1. The zero-order valence-electron chi connectivity index (χ0n) is 12.6. The molecule has 0 atom stereocenters. The molecule has 0 bridgehead atoms. The van der Waals surface area contributed by atoms with E-state index in [0.29, 0.717) is 17.2 Å². The van der Waals surface area contributed by atoms with Gasteiger partial charge in [0.15, 0.2) is 0 Å².